The van der Waals surface area contributed by atoms with E-state index in [0.29, 0.717) is 19.3 Å². The van der Waals surface area contributed by atoms with Gasteiger partial charge in [0.25, 0.3) is 0 Å². The van der Waals surface area contributed by atoms with Crippen LogP contribution in [0.25, 0.3) is 0 Å². The maximum Gasteiger partial charge on any atom is 0.322 e. The molecule has 0 bridgehead atoms. The summed E-state index contributed by atoms with van der Waals surface area (Å²) in [5, 5.41) is 11.0. The van der Waals surface area contributed by atoms with Gasteiger partial charge in [0, 0.05) is 12.8 Å². The van der Waals surface area contributed by atoms with Gasteiger partial charge in [-0.1, -0.05) is 133 Å². The summed E-state index contributed by atoms with van der Waals surface area (Å²) in [6.45, 7) is 3.97. The van der Waals surface area contributed by atoms with E-state index in [1.807, 2.05) is 0 Å². The molecule has 258 valence electrons. The molecule has 2 N–H and O–H groups in total. The van der Waals surface area contributed by atoms with Crippen molar-refractivity contribution < 1.29 is 24.2 Å². The first kappa shape index (κ1) is 42.4. The molecular weight excluding hydrogens is 562 g/mol. The fraction of sp³-hybridized carbons (Fsp3) is 0.718. The molecule has 0 aliphatic rings. The number of nitrogens with one attached hydrogen (secondary N) is 1. The molecule has 0 spiro atoms. The maximum atomic E-state index is 12.4. The largest absolute Gasteiger partial charge is 0.480 e. The summed E-state index contributed by atoms with van der Waals surface area (Å²) in [7, 11) is 0. The number of carboxylic acids is 1. The molecule has 0 aliphatic carbocycles. The number of aliphatic carboxylic acids is 1. The standard InChI is InChI=1S/C39H67NO5/c1-3-5-7-8-9-10-11-12-13-14-15-16-17-18-19-20-21-22-23-24-25-26-30-34-39(44)45-36(31-6-4-2)32-28-27-29-33-37(41)40-35-38(42)43/h5,7,9-10,12-13,15-16,36H,3-4,6,8,11,14,17-35H2,1-2H3,(H,40,41)(H,42,43)/b7-5-,10-9-,13-12-,16-15-. The van der Waals surface area contributed by atoms with Crippen LogP contribution in [0.15, 0.2) is 48.6 Å². The van der Waals surface area contributed by atoms with Crippen LogP contribution in [0.2, 0.25) is 0 Å². The first-order valence-electron chi connectivity index (χ1n) is 18.3. The Morgan fingerprint density at radius 2 is 1.09 bits per heavy atom. The number of amides is 1. The SMILES string of the molecule is CC/C=C\C/C=C\C/C=C\C/C=C\CCCCCCCCCCCCC(=O)OC(CCCC)CCCCCC(=O)NCC(=O)O. The summed E-state index contributed by atoms with van der Waals surface area (Å²) in [6, 6.07) is 0. The molecule has 0 fully saturated rings. The number of unbranched alkanes of at least 4 members (excludes halogenated alkanes) is 13. The summed E-state index contributed by atoms with van der Waals surface area (Å²) in [5.41, 5.74) is 0. The van der Waals surface area contributed by atoms with Crippen LogP contribution >= 0.6 is 0 Å². The second-order valence-corrected chi connectivity index (χ2v) is 12.1. The van der Waals surface area contributed by atoms with E-state index in [2.05, 4.69) is 67.8 Å². The Bertz CT molecular complexity index is 829. The molecule has 0 aromatic rings. The Labute approximate surface area is 276 Å². The van der Waals surface area contributed by atoms with Gasteiger partial charge in [0.1, 0.15) is 12.6 Å². The Morgan fingerprint density at radius 3 is 1.67 bits per heavy atom. The van der Waals surface area contributed by atoms with Crippen molar-refractivity contribution in [2.75, 3.05) is 6.54 Å². The van der Waals surface area contributed by atoms with Crippen molar-refractivity contribution in [2.24, 2.45) is 0 Å². The normalized spacial score (nSPS) is 12.6. The number of carbonyl (C=O) groups is 3. The number of carboxylic acid groups (broad SMARTS) is 1. The average Bonchev–Trinajstić information content (AvgIpc) is 3.02. The van der Waals surface area contributed by atoms with Crippen LogP contribution in [-0.4, -0.2) is 35.6 Å². The molecule has 1 unspecified atom stereocenters. The molecule has 0 saturated carbocycles. The van der Waals surface area contributed by atoms with Crippen LogP contribution in [0.3, 0.4) is 0 Å². The Hall–Kier alpha value is -2.63. The third kappa shape index (κ3) is 34.1. The molecule has 1 atom stereocenters. The summed E-state index contributed by atoms with van der Waals surface area (Å²) in [5.74, 6) is -1.33. The van der Waals surface area contributed by atoms with E-state index >= 15 is 0 Å². The highest BCUT2D eigenvalue weighted by atomic mass is 16.5. The fourth-order valence-electron chi connectivity index (χ4n) is 5.08. The molecule has 0 rings (SSSR count). The van der Waals surface area contributed by atoms with Crippen LogP contribution in [0.4, 0.5) is 0 Å². The zero-order chi connectivity index (χ0) is 33.1. The molecule has 0 heterocycles. The van der Waals surface area contributed by atoms with Crippen molar-refractivity contribution in [1.29, 1.82) is 0 Å². The lowest BCUT2D eigenvalue weighted by Gasteiger charge is -2.18. The molecule has 6 nitrogen and oxygen atoms in total. The third-order valence-corrected chi connectivity index (χ3v) is 7.77. The molecule has 0 aromatic carbocycles. The fourth-order valence-corrected chi connectivity index (χ4v) is 5.08. The number of ether oxygens (including phenoxy) is 1. The van der Waals surface area contributed by atoms with Crippen LogP contribution in [0.1, 0.15) is 168 Å². The molecule has 0 radical (unpaired) electrons. The van der Waals surface area contributed by atoms with Crippen molar-refractivity contribution in [2.45, 2.75) is 174 Å². The third-order valence-electron chi connectivity index (χ3n) is 7.77. The second kappa shape index (κ2) is 34.2. The quantitative estimate of drug-likeness (QED) is 0.0439. The minimum atomic E-state index is -1.03. The maximum absolute atomic E-state index is 12.4. The summed E-state index contributed by atoms with van der Waals surface area (Å²) in [6.07, 6.45) is 42.9. The average molecular weight is 630 g/mol. The zero-order valence-electron chi connectivity index (χ0n) is 29.0. The number of hydrogen-bond acceptors (Lipinski definition) is 4. The Kier molecular flexibility index (Phi) is 32.2. The van der Waals surface area contributed by atoms with Crippen molar-refractivity contribution in [3.63, 3.8) is 0 Å². The highest BCUT2D eigenvalue weighted by Gasteiger charge is 2.14. The van der Waals surface area contributed by atoms with Crippen LogP contribution in [0, 0.1) is 0 Å². The lowest BCUT2D eigenvalue weighted by Crippen LogP contribution is -2.28. The van der Waals surface area contributed by atoms with Crippen molar-refractivity contribution in [3.05, 3.63) is 48.6 Å². The van der Waals surface area contributed by atoms with Crippen molar-refractivity contribution in [3.8, 4) is 0 Å². The Balaban J connectivity index is 3.66. The number of rotatable bonds is 32. The molecule has 6 heteroatoms. The van der Waals surface area contributed by atoms with Gasteiger partial charge in [-0.3, -0.25) is 14.4 Å². The van der Waals surface area contributed by atoms with Crippen molar-refractivity contribution >= 4 is 17.8 Å². The topological polar surface area (TPSA) is 92.7 Å². The van der Waals surface area contributed by atoms with Gasteiger partial charge in [-0.15, -0.1) is 0 Å². The number of hydrogen-bond donors (Lipinski definition) is 2. The second-order valence-electron chi connectivity index (χ2n) is 12.1. The predicted molar refractivity (Wildman–Crippen MR) is 189 cm³/mol. The van der Waals surface area contributed by atoms with E-state index in [1.165, 1.54) is 57.8 Å². The molecule has 45 heavy (non-hydrogen) atoms. The lowest BCUT2D eigenvalue weighted by atomic mass is 10.0. The van der Waals surface area contributed by atoms with Gasteiger partial charge in [-0.2, -0.15) is 0 Å². The van der Waals surface area contributed by atoms with E-state index in [0.717, 1.165) is 77.0 Å². The Morgan fingerprint density at radius 1 is 0.600 bits per heavy atom. The van der Waals surface area contributed by atoms with E-state index in [4.69, 9.17) is 9.84 Å². The molecule has 1 amide bonds. The smallest absolute Gasteiger partial charge is 0.322 e. The van der Waals surface area contributed by atoms with E-state index in [1.54, 1.807) is 0 Å². The van der Waals surface area contributed by atoms with Gasteiger partial charge in [-0.05, 0) is 70.6 Å². The lowest BCUT2D eigenvalue weighted by molar-refractivity contribution is -0.150. The summed E-state index contributed by atoms with van der Waals surface area (Å²) < 4.78 is 5.80. The van der Waals surface area contributed by atoms with Crippen LogP contribution in [0.5, 0.6) is 0 Å². The van der Waals surface area contributed by atoms with Gasteiger partial charge in [-0.25, -0.2) is 0 Å². The summed E-state index contributed by atoms with van der Waals surface area (Å²) in [4.78, 5) is 34.5. The van der Waals surface area contributed by atoms with Gasteiger partial charge in [0.15, 0.2) is 0 Å². The van der Waals surface area contributed by atoms with Crippen LogP contribution in [-0.2, 0) is 19.1 Å². The first-order valence-corrected chi connectivity index (χ1v) is 18.3. The van der Waals surface area contributed by atoms with Crippen molar-refractivity contribution in [1.82, 2.24) is 5.32 Å². The number of allylic oxidation sites excluding steroid dienone is 8. The number of esters is 1. The number of carbonyl (C=O) groups excluding carboxylic acids is 2. The zero-order valence-corrected chi connectivity index (χ0v) is 29.0. The predicted octanol–water partition coefficient (Wildman–Crippen LogP) is 10.7. The molecule has 0 saturated heterocycles. The minimum absolute atomic E-state index is 0.0350. The van der Waals surface area contributed by atoms with Gasteiger partial charge in [0.05, 0.1) is 0 Å². The first-order chi connectivity index (χ1) is 22.0. The highest BCUT2D eigenvalue weighted by Crippen LogP contribution is 2.17. The van der Waals surface area contributed by atoms with Gasteiger partial charge >= 0.3 is 11.9 Å². The molecular formula is C39H67NO5. The van der Waals surface area contributed by atoms with Gasteiger partial charge in [0.2, 0.25) is 5.91 Å². The van der Waals surface area contributed by atoms with E-state index < -0.39 is 5.97 Å². The van der Waals surface area contributed by atoms with E-state index in [9.17, 15) is 14.4 Å². The summed E-state index contributed by atoms with van der Waals surface area (Å²) >= 11 is 0. The van der Waals surface area contributed by atoms with E-state index in [-0.39, 0.29) is 24.5 Å². The molecule has 0 aromatic heterocycles. The minimum Gasteiger partial charge on any atom is -0.480 e. The highest BCUT2D eigenvalue weighted by molar-refractivity contribution is 5.80. The molecule has 0 aliphatic heterocycles. The monoisotopic (exact) mass is 630 g/mol. The van der Waals surface area contributed by atoms with Gasteiger partial charge < -0.3 is 15.2 Å². The van der Waals surface area contributed by atoms with Crippen LogP contribution < -0.4 is 5.32 Å².